The van der Waals surface area contributed by atoms with Gasteiger partial charge in [0.25, 0.3) is 0 Å². The van der Waals surface area contributed by atoms with Crippen molar-refractivity contribution in [2.75, 3.05) is 7.11 Å². The van der Waals surface area contributed by atoms with Crippen LogP contribution < -0.4 is 0 Å². The summed E-state index contributed by atoms with van der Waals surface area (Å²) in [5.41, 5.74) is 2.11. The Balaban J connectivity index is 2.01. The molecule has 2 aromatic rings. The Morgan fingerprint density at radius 2 is 2.00 bits per heavy atom. The van der Waals surface area contributed by atoms with Crippen molar-refractivity contribution < 1.29 is 4.74 Å². The van der Waals surface area contributed by atoms with Gasteiger partial charge in [-0.1, -0.05) is 47.3 Å². The van der Waals surface area contributed by atoms with Crippen LogP contribution in [0.1, 0.15) is 42.0 Å². The Bertz CT molecular complexity index is 631. The van der Waals surface area contributed by atoms with Crippen molar-refractivity contribution in [3.63, 3.8) is 0 Å². The summed E-state index contributed by atoms with van der Waals surface area (Å²) in [6.45, 7) is 2.16. The van der Waals surface area contributed by atoms with Crippen LogP contribution in [0.2, 0.25) is 0 Å². The highest BCUT2D eigenvalue weighted by Gasteiger charge is 2.37. The molecular formula is C17H20BrNOS. The molecule has 4 heteroatoms. The van der Waals surface area contributed by atoms with Crippen LogP contribution in [0.5, 0.6) is 0 Å². The molecule has 1 aromatic carbocycles. The van der Waals surface area contributed by atoms with Crippen molar-refractivity contribution in [1.82, 2.24) is 4.98 Å². The van der Waals surface area contributed by atoms with Crippen LogP contribution in [0.25, 0.3) is 11.3 Å². The number of ether oxygens (including phenoxy) is 1. The van der Waals surface area contributed by atoms with Gasteiger partial charge in [-0.25, -0.2) is 4.98 Å². The fourth-order valence-electron chi connectivity index (χ4n) is 3.12. The maximum atomic E-state index is 5.93. The molecule has 0 aliphatic heterocycles. The fourth-order valence-corrected chi connectivity index (χ4v) is 4.68. The molecule has 2 nitrogen and oxygen atoms in total. The normalized spacial score (nSPS) is 17.9. The lowest BCUT2D eigenvalue weighted by Crippen LogP contribution is -2.30. The van der Waals surface area contributed by atoms with Gasteiger partial charge in [0.05, 0.1) is 5.69 Å². The quantitative estimate of drug-likeness (QED) is 0.697. The van der Waals surface area contributed by atoms with Gasteiger partial charge in [0.15, 0.2) is 0 Å². The zero-order valence-corrected chi connectivity index (χ0v) is 14.9. The second-order valence-electron chi connectivity index (χ2n) is 5.69. The number of methoxy groups -OCH3 is 1. The molecule has 0 spiro atoms. The molecule has 1 aliphatic carbocycles. The van der Waals surface area contributed by atoms with Crippen molar-refractivity contribution in [2.45, 2.75) is 44.6 Å². The van der Waals surface area contributed by atoms with E-state index in [-0.39, 0.29) is 5.60 Å². The molecule has 0 radical (unpaired) electrons. The molecule has 0 N–H and O–H groups in total. The lowest BCUT2D eigenvalue weighted by atomic mass is 9.85. The minimum absolute atomic E-state index is 0.155. The molecule has 0 amide bonds. The van der Waals surface area contributed by atoms with Gasteiger partial charge < -0.3 is 4.74 Å². The van der Waals surface area contributed by atoms with E-state index in [1.165, 1.54) is 29.7 Å². The number of halogens is 1. The largest absolute Gasteiger partial charge is 0.371 e. The van der Waals surface area contributed by atoms with Gasteiger partial charge in [0.2, 0.25) is 0 Å². The average Bonchev–Trinajstić information content (AvgIpc) is 2.90. The zero-order valence-electron chi connectivity index (χ0n) is 12.5. The first kappa shape index (κ1) is 15.2. The summed E-state index contributed by atoms with van der Waals surface area (Å²) in [4.78, 5) is 6.23. The monoisotopic (exact) mass is 365 g/mol. The second kappa shape index (κ2) is 6.19. The van der Waals surface area contributed by atoms with E-state index in [9.17, 15) is 0 Å². The van der Waals surface area contributed by atoms with Gasteiger partial charge in [0.1, 0.15) is 10.6 Å². The van der Waals surface area contributed by atoms with Crippen LogP contribution in [0.15, 0.2) is 28.7 Å². The molecule has 21 heavy (non-hydrogen) atoms. The van der Waals surface area contributed by atoms with E-state index in [0.717, 1.165) is 28.0 Å². The van der Waals surface area contributed by atoms with Gasteiger partial charge in [-0.2, -0.15) is 0 Å². The third-order valence-electron chi connectivity index (χ3n) is 4.34. The lowest BCUT2D eigenvalue weighted by Gasteiger charge is -2.34. The number of hydrogen-bond donors (Lipinski definition) is 0. The van der Waals surface area contributed by atoms with Gasteiger partial charge in [-0.3, -0.25) is 0 Å². The SMILES string of the molecule is COC1(c2nc(-c3cccc(Br)c3)c(C)s2)CCCCC1. The summed E-state index contributed by atoms with van der Waals surface area (Å²) in [6.07, 6.45) is 5.97. The van der Waals surface area contributed by atoms with Gasteiger partial charge >= 0.3 is 0 Å². The number of aryl methyl sites for hydroxylation is 1. The second-order valence-corrected chi connectivity index (χ2v) is 7.81. The van der Waals surface area contributed by atoms with E-state index in [4.69, 9.17) is 9.72 Å². The van der Waals surface area contributed by atoms with E-state index in [1.54, 1.807) is 11.3 Å². The maximum Gasteiger partial charge on any atom is 0.126 e. The number of benzene rings is 1. The molecule has 0 saturated heterocycles. The number of thiazole rings is 1. The van der Waals surface area contributed by atoms with Crippen molar-refractivity contribution in [3.05, 3.63) is 38.6 Å². The molecular weight excluding hydrogens is 346 g/mol. The van der Waals surface area contributed by atoms with E-state index >= 15 is 0 Å². The van der Waals surface area contributed by atoms with Gasteiger partial charge in [-0.05, 0) is 31.9 Å². The highest BCUT2D eigenvalue weighted by Crippen LogP contribution is 2.43. The summed E-state index contributed by atoms with van der Waals surface area (Å²) >= 11 is 5.34. The van der Waals surface area contributed by atoms with Crippen LogP contribution in [0.4, 0.5) is 0 Å². The van der Waals surface area contributed by atoms with Crippen LogP contribution >= 0.6 is 27.3 Å². The number of nitrogens with zero attached hydrogens (tertiary/aromatic N) is 1. The maximum absolute atomic E-state index is 5.93. The first-order chi connectivity index (χ1) is 10.1. The molecule has 1 saturated carbocycles. The number of hydrogen-bond acceptors (Lipinski definition) is 3. The van der Waals surface area contributed by atoms with Crippen LogP contribution in [0.3, 0.4) is 0 Å². The van der Waals surface area contributed by atoms with E-state index in [1.807, 2.05) is 13.2 Å². The van der Waals surface area contributed by atoms with Crippen LogP contribution in [-0.4, -0.2) is 12.1 Å². The first-order valence-corrected chi connectivity index (χ1v) is 9.04. The molecule has 0 atom stereocenters. The molecule has 1 aliphatic rings. The van der Waals surface area contributed by atoms with Crippen molar-refractivity contribution in [3.8, 4) is 11.3 Å². The van der Waals surface area contributed by atoms with E-state index < -0.39 is 0 Å². The average molecular weight is 366 g/mol. The highest BCUT2D eigenvalue weighted by molar-refractivity contribution is 9.10. The fraction of sp³-hybridized carbons (Fsp3) is 0.471. The summed E-state index contributed by atoms with van der Waals surface area (Å²) in [5.74, 6) is 0. The predicted octanol–water partition coefficient (Wildman–Crippen LogP) is 5.69. The third-order valence-corrected chi connectivity index (χ3v) is 5.99. The Hall–Kier alpha value is -0.710. The minimum Gasteiger partial charge on any atom is -0.371 e. The zero-order chi connectivity index (χ0) is 14.9. The van der Waals surface area contributed by atoms with Crippen molar-refractivity contribution in [1.29, 1.82) is 0 Å². The Morgan fingerprint density at radius 1 is 1.24 bits per heavy atom. The van der Waals surface area contributed by atoms with Crippen LogP contribution in [0, 0.1) is 6.92 Å². The van der Waals surface area contributed by atoms with Crippen LogP contribution in [-0.2, 0) is 10.3 Å². The lowest BCUT2D eigenvalue weighted by molar-refractivity contribution is -0.0445. The van der Waals surface area contributed by atoms with Crippen molar-refractivity contribution in [2.24, 2.45) is 0 Å². The molecule has 3 rings (SSSR count). The van der Waals surface area contributed by atoms with E-state index in [0.29, 0.717) is 0 Å². The third kappa shape index (κ3) is 2.94. The smallest absolute Gasteiger partial charge is 0.126 e. The summed E-state index contributed by atoms with van der Waals surface area (Å²) < 4.78 is 7.02. The highest BCUT2D eigenvalue weighted by atomic mass is 79.9. The minimum atomic E-state index is -0.155. The molecule has 0 unspecified atom stereocenters. The molecule has 1 heterocycles. The Kier molecular flexibility index (Phi) is 4.48. The molecule has 1 fully saturated rings. The Labute approximate surface area is 138 Å². The van der Waals surface area contributed by atoms with E-state index in [2.05, 4.69) is 41.1 Å². The molecule has 112 valence electrons. The molecule has 0 bridgehead atoms. The summed E-state index contributed by atoms with van der Waals surface area (Å²) in [5, 5.41) is 1.15. The van der Waals surface area contributed by atoms with Gasteiger partial charge in [0, 0.05) is 22.0 Å². The topological polar surface area (TPSA) is 22.1 Å². The predicted molar refractivity (Wildman–Crippen MR) is 91.8 cm³/mol. The standard InChI is InChI=1S/C17H20BrNOS/c1-12-15(13-7-6-8-14(18)11-13)19-16(21-12)17(20-2)9-4-3-5-10-17/h6-8,11H,3-5,9-10H2,1-2H3. The van der Waals surface area contributed by atoms with Crippen molar-refractivity contribution >= 4 is 27.3 Å². The molecule has 1 aromatic heterocycles. The summed E-state index contributed by atoms with van der Waals surface area (Å²) in [6, 6.07) is 8.36. The van der Waals surface area contributed by atoms with Gasteiger partial charge in [-0.15, -0.1) is 11.3 Å². The number of aromatic nitrogens is 1. The summed E-state index contributed by atoms with van der Waals surface area (Å²) in [7, 11) is 1.83. The Morgan fingerprint density at radius 3 is 2.67 bits per heavy atom. The number of rotatable bonds is 3. The first-order valence-electron chi connectivity index (χ1n) is 7.44.